The van der Waals surface area contributed by atoms with Crippen molar-refractivity contribution in [3.8, 4) is 11.5 Å². The summed E-state index contributed by atoms with van der Waals surface area (Å²) in [5.41, 5.74) is 3.81. The second-order valence-electron chi connectivity index (χ2n) is 5.01. The summed E-state index contributed by atoms with van der Waals surface area (Å²) >= 11 is 3.39. The lowest BCUT2D eigenvalue weighted by Gasteiger charge is -2.10. The summed E-state index contributed by atoms with van der Waals surface area (Å²) in [7, 11) is -0.612. The summed E-state index contributed by atoms with van der Waals surface area (Å²) in [5, 5.41) is 4.09. The van der Waals surface area contributed by atoms with E-state index in [9.17, 15) is 8.42 Å². The number of halogens is 1. The van der Waals surface area contributed by atoms with Crippen molar-refractivity contribution < 1.29 is 17.9 Å². The van der Waals surface area contributed by atoms with Crippen LogP contribution in [0.25, 0.3) is 0 Å². The van der Waals surface area contributed by atoms with Crippen molar-refractivity contribution in [3.05, 3.63) is 52.0 Å². The lowest BCUT2D eigenvalue weighted by atomic mass is 10.2. The van der Waals surface area contributed by atoms with Gasteiger partial charge in [0, 0.05) is 15.6 Å². The minimum Gasteiger partial charge on any atom is -0.493 e. The molecule has 1 heterocycles. The van der Waals surface area contributed by atoms with Gasteiger partial charge in [-0.25, -0.2) is 0 Å². The zero-order chi connectivity index (χ0) is 18.0. The normalized spacial score (nSPS) is 14.9. The summed E-state index contributed by atoms with van der Waals surface area (Å²) in [6.07, 6.45) is 1.50. The number of amidine groups is 1. The molecule has 0 fully saturated rings. The Hall–Kier alpha value is -2.39. The van der Waals surface area contributed by atoms with Crippen LogP contribution in [0.3, 0.4) is 0 Å². The molecule has 1 aliphatic heterocycles. The molecule has 0 saturated heterocycles. The van der Waals surface area contributed by atoms with Crippen molar-refractivity contribution in [1.82, 2.24) is 5.43 Å². The number of rotatable bonds is 4. The molecule has 1 N–H and O–H groups in total. The number of nitrogens with zero attached hydrogens (tertiary/aromatic N) is 2. The molecule has 2 aromatic carbocycles. The van der Waals surface area contributed by atoms with Crippen LogP contribution in [0.15, 0.2) is 55.3 Å². The molecular weight excluding hydrogens is 410 g/mol. The molecule has 1 aliphatic rings. The van der Waals surface area contributed by atoms with E-state index in [-0.39, 0.29) is 10.7 Å². The third kappa shape index (κ3) is 3.38. The number of hydrazone groups is 1. The number of methoxy groups -OCH3 is 2. The van der Waals surface area contributed by atoms with E-state index in [0.717, 1.165) is 4.47 Å². The number of hydrogen-bond acceptors (Lipinski definition) is 6. The summed E-state index contributed by atoms with van der Waals surface area (Å²) in [6.45, 7) is 0. The van der Waals surface area contributed by atoms with Crippen LogP contribution in [0.5, 0.6) is 11.5 Å². The number of ether oxygens (including phenoxy) is 2. The Labute approximate surface area is 153 Å². The lowest BCUT2D eigenvalue weighted by molar-refractivity contribution is 0.354. The average molecular weight is 424 g/mol. The Morgan fingerprint density at radius 1 is 1.20 bits per heavy atom. The van der Waals surface area contributed by atoms with Crippen LogP contribution >= 0.6 is 15.9 Å². The van der Waals surface area contributed by atoms with Gasteiger partial charge in [0.2, 0.25) is 0 Å². The predicted octanol–water partition coefficient (Wildman–Crippen LogP) is 2.54. The SMILES string of the molecule is COc1cc(Br)cc(/C=N/NC2=NS(=O)(=O)c3ccccc32)c1OC. The van der Waals surface area contributed by atoms with Crippen molar-refractivity contribution in [2.45, 2.75) is 4.90 Å². The largest absolute Gasteiger partial charge is 0.493 e. The van der Waals surface area contributed by atoms with Gasteiger partial charge in [0.05, 0.1) is 20.4 Å². The number of sulfonamides is 1. The van der Waals surface area contributed by atoms with Gasteiger partial charge in [-0.2, -0.15) is 13.5 Å². The maximum absolute atomic E-state index is 12.0. The third-order valence-corrected chi connectivity index (χ3v) is 5.27. The van der Waals surface area contributed by atoms with E-state index in [4.69, 9.17) is 9.47 Å². The van der Waals surface area contributed by atoms with Crippen LogP contribution in [0.2, 0.25) is 0 Å². The highest BCUT2D eigenvalue weighted by Crippen LogP contribution is 2.33. The highest BCUT2D eigenvalue weighted by molar-refractivity contribution is 9.10. The Morgan fingerprint density at radius 2 is 1.96 bits per heavy atom. The van der Waals surface area contributed by atoms with Gasteiger partial charge in [-0.3, -0.25) is 5.43 Å². The fraction of sp³-hybridized carbons (Fsp3) is 0.125. The van der Waals surface area contributed by atoms with Crippen molar-refractivity contribution in [2.75, 3.05) is 14.2 Å². The molecule has 25 heavy (non-hydrogen) atoms. The molecule has 0 bridgehead atoms. The maximum Gasteiger partial charge on any atom is 0.285 e. The van der Waals surface area contributed by atoms with Crippen LogP contribution in [0.1, 0.15) is 11.1 Å². The molecule has 0 spiro atoms. The molecule has 0 radical (unpaired) electrons. The van der Waals surface area contributed by atoms with E-state index < -0.39 is 10.0 Å². The second-order valence-corrected chi connectivity index (χ2v) is 7.50. The van der Waals surface area contributed by atoms with Gasteiger partial charge in [0.1, 0.15) is 4.90 Å². The monoisotopic (exact) mass is 423 g/mol. The smallest absolute Gasteiger partial charge is 0.285 e. The van der Waals surface area contributed by atoms with Gasteiger partial charge in [-0.1, -0.05) is 28.1 Å². The molecule has 7 nitrogen and oxygen atoms in total. The van der Waals surface area contributed by atoms with Gasteiger partial charge in [0.25, 0.3) is 10.0 Å². The van der Waals surface area contributed by atoms with E-state index in [0.29, 0.717) is 22.6 Å². The van der Waals surface area contributed by atoms with Crippen LogP contribution in [0, 0.1) is 0 Å². The predicted molar refractivity (Wildman–Crippen MR) is 98.1 cm³/mol. The molecule has 2 aromatic rings. The highest BCUT2D eigenvalue weighted by atomic mass is 79.9. The van der Waals surface area contributed by atoms with Gasteiger partial charge >= 0.3 is 0 Å². The Kier molecular flexibility index (Phi) is 4.78. The van der Waals surface area contributed by atoms with Gasteiger partial charge in [-0.15, -0.1) is 4.40 Å². The van der Waals surface area contributed by atoms with E-state index in [1.807, 2.05) is 0 Å². The van der Waals surface area contributed by atoms with Crippen molar-refractivity contribution in [1.29, 1.82) is 0 Å². The Morgan fingerprint density at radius 3 is 2.68 bits per heavy atom. The number of nitrogens with one attached hydrogen (secondary N) is 1. The summed E-state index contributed by atoms with van der Waals surface area (Å²) in [6, 6.07) is 10.1. The lowest BCUT2D eigenvalue weighted by Crippen LogP contribution is -2.17. The number of hydrogen-bond donors (Lipinski definition) is 1. The molecule has 9 heteroatoms. The molecular formula is C16H14BrN3O4S. The highest BCUT2D eigenvalue weighted by Gasteiger charge is 2.28. The Bertz CT molecular complexity index is 987. The first-order valence-corrected chi connectivity index (χ1v) is 9.34. The van der Waals surface area contributed by atoms with Crippen LogP contribution in [-0.4, -0.2) is 34.7 Å². The molecule has 0 unspecified atom stereocenters. The number of benzene rings is 2. The molecule has 0 aliphatic carbocycles. The zero-order valence-electron chi connectivity index (χ0n) is 13.4. The van der Waals surface area contributed by atoms with E-state index in [2.05, 4.69) is 30.9 Å². The summed E-state index contributed by atoms with van der Waals surface area (Å²) in [5.74, 6) is 1.23. The molecule has 0 amide bonds. The summed E-state index contributed by atoms with van der Waals surface area (Å²) in [4.78, 5) is 0.161. The molecule has 0 aromatic heterocycles. The molecule has 0 atom stereocenters. The minimum absolute atomic E-state index is 0.161. The third-order valence-electron chi connectivity index (χ3n) is 3.48. The maximum atomic E-state index is 12.0. The van der Waals surface area contributed by atoms with Gasteiger partial charge in [-0.05, 0) is 24.3 Å². The van der Waals surface area contributed by atoms with Crippen LogP contribution in [-0.2, 0) is 10.0 Å². The Balaban J connectivity index is 1.90. The zero-order valence-corrected chi connectivity index (χ0v) is 15.8. The van der Waals surface area contributed by atoms with Crippen molar-refractivity contribution in [2.24, 2.45) is 9.50 Å². The second kappa shape index (κ2) is 6.85. The quantitative estimate of drug-likeness (QED) is 0.602. The fourth-order valence-corrected chi connectivity index (χ4v) is 4.03. The van der Waals surface area contributed by atoms with Gasteiger partial charge in [0.15, 0.2) is 17.3 Å². The first-order valence-electron chi connectivity index (χ1n) is 7.11. The fourth-order valence-electron chi connectivity index (χ4n) is 2.40. The van der Waals surface area contributed by atoms with Crippen molar-refractivity contribution in [3.63, 3.8) is 0 Å². The summed E-state index contributed by atoms with van der Waals surface area (Å²) < 4.78 is 39.1. The number of fused-ring (bicyclic) bond motifs is 1. The van der Waals surface area contributed by atoms with E-state index in [1.54, 1.807) is 37.4 Å². The first kappa shape index (κ1) is 17.4. The molecule has 0 saturated carbocycles. The van der Waals surface area contributed by atoms with Crippen LogP contribution < -0.4 is 14.9 Å². The topological polar surface area (TPSA) is 89.4 Å². The molecule has 3 rings (SSSR count). The standard InChI is InChI=1S/C16H14BrN3O4S/c1-23-13-8-11(17)7-10(15(13)24-2)9-18-19-16-12-5-3-4-6-14(12)25(21,22)20-16/h3-9H,1-2H3,(H,19,20)/b18-9+. The van der Waals surface area contributed by atoms with Gasteiger partial charge < -0.3 is 9.47 Å². The van der Waals surface area contributed by atoms with Crippen LogP contribution in [0.4, 0.5) is 0 Å². The van der Waals surface area contributed by atoms with E-state index in [1.165, 1.54) is 19.4 Å². The van der Waals surface area contributed by atoms with E-state index >= 15 is 0 Å². The first-order chi connectivity index (χ1) is 12.0. The van der Waals surface area contributed by atoms with Crippen molar-refractivity contribution >= 4 is 38.0 Å². The molecule has 130 valence electrons. The minimum atomic E-state index is -3.68. The average Bonchev–Trinajstić information content (AvgIpc) is 2.85.